The number of amides is 1. The molecule has 1 amide bonds. The standard InChI is InChI=1S/C10H12N4O/c1-7-3-4-8(9(15)13-7)14-10-11-5-2-6-12-10/h2,5-6,8H,1,3-4H2,(H,13,15)(H,11,12,14). The van der Waals surface area contributed by atoms with Crippen LogP contribution in [0, 0.1) is 0 Å². The third-order valence-corrected chi connectivity index (χ3v) is 2.22. The molecule has 0 aliphatic carbocycles. The second-order valence-electron chi connectivity index (χ2n) is 3.40. The van der Waals surface area contributed by atoms with Crippen molar-refractivity contribution < 1.29 is 4.79 Å². The minimum Gasteiger partial charge on any atom is -0.342 e. The Kier molecular flexibility index (Phi) is 2.62. The van der Waals surface area contributed by atoms with E-state index in [2.05, 4.69) is 27.2 Å². The lowest BCUT2D eigenvalue weighted by atomic mass is 10.1. The summed E-state index contributed by atoms with van der Waals surface area (Å²) in [5.41, 5.74) is 0.770. The highest BCUT2D eigenvalue weighted by molar-refractivity contribution is 5.86. The largest absolute Gasteiger partial charge is 0.342 e. The Morgan fingerprint density at radius 3 is 2.87 bits per heavy atom. The molecule has 2 rings (SSSR count). The van der Waals surface area contributed by atoms with Crippen molar-refractivity contribution in [3.05, 3.63) is 30.7 Å². The molecule has 1 aromatic heterocycles. The SMILES string of the molecule is C=C1CCC(Nc2ncccn2)C(=O)N1. The molecular formula is C10H12N4O. The van der Waals surface area contributed by atoms with Gasteiger partial charge in [0.2, 0.25) is 11.9 Å². The molecule has 1 aliphatic heterocycles. The zero-order chi connectivity index (χ0) is 10.7. The van der Waals surface area contributed by atoms with Crippen molar-refractivity contribution in [1.82, 2.24) is 15.3 Å². The van der Waals surface area contributed by atoms with Gasteiger partial charge in [-0.3, -0.25) is 4.79 Å². The maximum Gasteiger partial charge on any atom is 0.246 e. The summed E-state index contributed by atoms with van der Waals surface area (Å²) in [6, 6.07) is 1.46. The number of aromatic nitrogens is 2. The molecule has 0 spiro atoms. The van der Waals surface area contributed by atoms with E-state index in [0.717, 1.165) is 18.5 Å². The predicted molar refractivity (Wildman–Crippen MR) is 56.0 cm³/mol. The van der Waals surface area contributed by atoms with Gasteiger partial charge in [-0.05, 0) is 18.9 Å². The number of nitrogens with one attached hydrogen (secondary N) is 2. The van der Waals surface area contributed by atoms with Crippen LogP contribution in [0.4, 0.5) is 5.95 Å². The number of nitrogens with zero attached hydrogens (tertiary/aromatic N) is 2. The summed E-state index contributed by atoms with van der Waals surface area (Å²) in [6.45, 7) is 3.72. The normalized spacial score (nSPS) is 20.9. The first-order valence-electron chi connectivity index (χ1n) is 4.78. The van der Waals surface area contributed by atoms with Crippen molar-refractivity contribution in [2.45, 2.75) is 18.9 Å². The summed E-state index contributed by atoms with van der Waals surface area (Å²) in [5.74, 6) is 0.406. The van der Waals surface area contributed by atoms with Crippen LogP contribution in [0.2, 0.25) is 0 Å². The number of allylic oxidation sites excluding steroid dienone is 1. The number of anilines is 1. The van der Waals surface area contributed by atoms with Gasteiger partial charge in [0.25, 0.3) is 0 Å². The first-order chi connectivity index (χ1) is 7.25. The Labute approximate surface area is 87.6 Å². The van der Waals surface area contributed by atoms with Crippen LogP contribution in [0.25, 0.3) is 0 Å². The fourth-order valence-electron chi connectivity index (χ4n) is 1.44. The molecule has 1 atom stereocenters. The van der Waals surface area contributed by atoms with Crippen LogP contribution in [0.1, 0.15) is 12.8 Å². The third kappa shape index (κ3) is 2.31. The van der Waals surface area contributed by atoms with E-state index in [9.17, 15) is 4.79 Å². The van der Waals surface area contributed by atoms with E-state index in [-0.39, 0.29) is 11.9 Å². The molecule has 1 aliphatic rings. The highest BCUT2D eigenvalue weighted by Gasteiger charge is 2.23. The quantitative estimate of drug-likeness (QED) is 0.743. The maximum absolute atomic E-state index is 11.5. The van der Waals surface area contributed by atoms with Crippen LogP contribution >= 0.6 is 0 Å². The van der Waals surface area contributed by atoms with Gasteiger partial charge in [0.15, 0.2) is 0 Å². The Morgan fingerprint density at radius 2 is 2.20 bits per heavy atom. The molecule has 15 heavy (non-hydrogen) atoms. The summed E-state index contributed by atoms with van der Waals surface area (Å²) < 4.78 is 0. The van der Waals surface area contributed by atoms with Gasteiger partial charge in [-0.1, -0.05) is 6.58 Å². The summed E-state index contributed by atoms with van der Waals surface area (Å²) in [7, 11) is 0. The summed E-state index contributed by atoms with van der Waals surface area (Å²) in [5, 5.41) is 5.67. The number of hydrogen-bond acceptors (Lipinski definition) is 4. The summed E-state index contributed by atoms with van der Waals surface area (Å²) in [6.07, 6.45) is 4.78. The van der Waals surface area contributed by atoms with Gasteiger partial charge >= 0.3 is 0 Å². The highest BCUT2D eigenvalue weighted by Crippen LogP contribution is 2.13. The number of piperidine rings is 1. The first-order valence-corrected chi connectivity index (χ1v) is 4.78. The van der Waals surface area contributed by atoms with Gasteiger partial charge in [-0.15, -0.1) is 0 Å². The number of hydrogen-bond donors (Lipinski definition) is 2. The zero-order valence-corrected chi connectivity index (χ0v) is 8.23. The van der Waals surface area contributed by atoms with Crippen molar-refractivity contribution in [2.24, 2.45) is 0 Å². The van der Waals surface area contributed by atoms with E-state index in [4.69, 9.17) is 0 Å². The third-order valence-electron chi connectivity index (χ3n) is 2.22. The fourth-order valence-corrected chi connectivity index (χ4v) is 1.44. The van der Waals surface area contributed by atoms with Crippen molar-refractivity contribution in [1.29, 1.82) is 0 Å². The molecule has 1 fully saturated rings. The fraction of sp³-hybridized carbons (Fsp3) is 0.300. The van der Waals surface area contributed by atoms with Gasteiger partial charge in [-0.25, -0.2) is 9.97 Å². The molecule has 1 saturated heterocycles. The van der Waals surface area contributed by atoms with Crippen LogP contribution in [-0.2, 0) is 4.79 Å². The van der Waals surface area contributed by atoms with E-state index in [1.807, 2.05) is 0 Å². The Balaban J connectivity index is 2.01. The molecule has 0 saturated carbocycles. The van der Waals surface area contributed by atoms with Crippen LogP contribution in [0.15, 0.2) is 30.7 Å². The molecule has 78 valence electrons. The van der Waals surface area contributed by atoms with E-state index < -0.39 is 0 Å². The molecule has 2 heterocycles. The minimum absolute atomic E-state index is 0.0706. The molecule has 5 nitrogen and oxygen atoms in total. The van der Waals surface area contributed by atoms with E-state index in [1.54, 1.807) is 18.5 Å². The topological polar surface area (TPSA) is 66.9 Å². The minimum atomic E-state index is -0.266. The predicted octanol–water partition coefficient (Wildman–Crippen LogP) is 0.681. The molecule has 2 N–H and O–H groups in total. The van der Waals surface area contributed by atoms with Crippen molar-refractivity contribution in [3.63, 3.8) is 0 Å². The van der Waals surface area contributed by atoms with Crippen molar-refractivity contribution >= 4 is 11.9 Å². The van der Waals surface area contributed by atoms with Crippen LogP contribution in [0.5, 0.6) is 0 Å². The van der Waals surface area contributed by atoms with Gasteiger partial charge in [0, 0.05) is 18.1 Å². The lowest BCUT2D eigenvalue weighted by Crippen LogP contribution is -2.43. The number of carbonyl (C=O) groups is 1. The molecule has 0 aromatic carbocycles. The van der Waals surface area contributed by atoms with Crippen LogP contribution < -0.4 is 10.6 Å². The maximum atomic E-state index is 11.5. The average Bonchev–Trinajstić information content (AvgIpc) is 2.24. The molecule has 5 heteroatoms. The Hall–Kier alpha value is -1.91. The van der Waals surface area contributed by atoms with Gasteiger partial charge < -0.3 is 10.6 Å². The second-order valence-corrected chi connectivity index (χ2v) is 3.40. The summed E-state index contributed by atoms with van der Waals surface area (Å²) in [4.78, 5) is 19.5. The summed E-state index contributed by atoms with van der Waals surface area (Å²) >= 11 is 0. The van der Waals surface area contributed by atoms with Gasteiger partial charge in [0.1, 0.15) is 6.04 Å². The number of carbonyl (C=O) groups excluding carboxylic acids is 1. The lowest BCUT2D eigenvalue weighted by molar-refractivity contribution is -0.122. The first kappa shape index (κ1) is 9.64. The van der Waals surface area contributed by atoms with Crippen LogP contribution in [0.3, 0.4) is 0 Å². The molecule has 1 aromatic rings. The van der Waals surface area contributed by atoms with Crippen molar-refractivity contribution in [3.8, 4) is 0 Å². The van der Waals surface area contributed by atoms with Crippen molar-refractivity contribution in [2.75, 3.05) is 5.32 Å². The number of rotatable bonds is 2. The van der Waals surface area contributed by atoms with E-state index >= 15 is 0 Å². The zero-order valence-electron chi connectivity index (χ0n) is 8.23. The average molecular weight is 204 g/mol. The van der Waals surface area contributed by atoms with Gasteiger partial charge in [0.05, 0.1) is 0 Å². The molecule has 0 radical (unpaired) electrons. The molecular weight excluding hydrogens is 192 g/mol. The molecule has 1 unspecified atom stereocenters. The monoisotopic (exact) mass is 204 g/mol. The molecule has 0 bridgehead atoms. The second kappa shape index (κ2) is 4.08. The van der Waals surface area contributed by atoms with E-state index in [1.165, 1.54) is 0 Å². The van der Waals surface area contributed by atoms with Gasteiger partial charge in [-0.2, -0.15) is 0 Å². The Bertz CT molecular complexity index is 376. The smallest absolute Gasteiger partial charge is 0.246 e. The van der Waals surface area contributed by atoms with Crippen LogP contribution in [-0.4, -0.2) is 21.9 Å². The highest BCUT2D eigenvalue weighted by atomic mass is 16.2. The van der Waals surface area contributed by atoms with E-state index in [0.29, 0.717) is 5.95 Å². The Morgan fingerprint density at radius 1 is 1.47 bits per heavy atom. The lowest BCUT2D eigenvalue weighted by Gasteiger charge is -2.23.